The number of nitrogens with zero attached hydrogens (tertiary/aromatic N) is 3. The lowest BCUT2D eigenvalue weighted by molar-refractivity contribution is 0.340. The molecule has 0 fully saturated rings. The number of nitrogens with one attached hydrogen (secondary N) is 2. The molecule has 2 aromatic carbocycles. The van der Waals surface area contributed by atoms with Gasteiger partial charge in [-0.25, -0.2) is 0 Å². The van der Waals surface area contributed by atoms with Crippen LogP contribution < -0.4 is 24.8 Å². The first kappa shape index (κ1) is 19.5. The minimum absolute atomic E-state index is 0.0615. The third kappa shape index (κ3) is 4.92. The van der Waals surface area contributed by atoms with E-state index in [0.29, 0.717) is 35.7 Å². The fraction of sp³-hybridized carbons (Fsp3) is 0.211. The molecule has 0 aliphatic heterocycles. The Balaban J connectivity index is 1.77. The molecule has 3 rings (SSSR count). The van der Waals surface area contributed by atoms with Crippen LogP contribution in [-0.4, -0.2) is 35.8 Å². The number of anilines is 4. The highest BCUT2D eigenvalue weighted by Crippen LogP contribution is 2.31. The first-order chi connectivity index (χ1) is 13.6. The van der Waals surface area contributed by atoms with E-state index in [4.69, 9.17) is 25.8 Å². The largest absolute Gasteiger partial charge is 0.494 e. The van der Waals surface area contributed by atoms with Crippen LogP contribution in [0.25, 0.3) is 0 Å². The molecule has 0 spiro atoms. The summed E-state index contributed by atoms with van der Waals surface area (Å²) >= 11 is 6.05. The van der Waals surface area contributed by atoms with E-state index in [1.54, 1.807) is 26.4 Å². The Bertz CT molecular complexity index is 937. The minimum atomic E-state index is 0.0615. The van der Waals surface area contributed by atoms with Crippen molar-refractivity contribution in [2.45, 2.75) is 6.92 Å². The summed E-state index contributed by atoms with van der Waals surface area (Å²) in [7, 11) is 3.15. The molecule has 1 heterocycles. The van der Waals surface area contributed by atoms with Gasteiger partial charge < -0.3 is 24.8 Å². The number of aromatic nitrogens is 3. The second kappa shape index (κ2) is 9.09. The molecule has 3 aromatic rings. The number of rotatable bonds is 8. The Morgan fingerprint density at radius 1 is 0.821 bits per heavy atom. The van der Waals surface area contributed by atoms with Crippen LogP contribution >= 0.6 is 11.6 Å². The lowest BCUT2D eigenvalue weighted by Crippen LogP contribution is -2.04. The van der Waals surface area contributed by atoms with Crippen LogP contribution in [0.15, 0.2) is 42.5 Å². The molecule has 1 aromatic heterocycles. The SMILES string of the molecule is CCOc1ccc(Nc2nc(Cl)nc(Nc3ccc(OC)c(OC)c3)n2)cc1. The maximum Gasteiger partial charge on any atom is 0.233 e. The van der Waals surface area contributed by atoms with Crippen molar-refractivity contribution < 1.29 is 14.2 Å². The van der Waals surface area contributed by atoms with Crippen LogP contribution in [0.2, 0.25) is 5.28 Å². The summed E-state index contributed by atoms with van der Waals surface area (Å²) in [6.07, 6.45) is 0. The van der Waals surface area contributed by atoms with Gasteiger partial charge in [-0.15, -0.1) is 0 Å². The molecule has 9 heteroatoms. The van der Waals surface area contributed by atoms with Crippen molar-refractivity contribution in [3.63, 3.8) is 0 Å². The summed E-state index contributed by atoms with van der Waals surface area (Å²) in [6.45, 7) is 2.55. The average molecular weight is 402 g/mol. The normalized spacial score (nSPS) is 10.3. The molecule has 2 N–H and O–H groups in total. The third-order valence-corrected chi connectivity index (χ3v) is 3.84. The van der Waals surface area contributed by atoms with Crippen molar-refractivity contribution in [1.82, 2.24) is 15.0 Å². The third-order valence-electron chi connectivity index (χ3n) is 3.67. The molecule has 0 radical (unpaired) electrons. The monoisotopic (exact) mass is 401 g/mol. The van der Waals surface area contributed by atoms with Gasteiger partial charge in [-0.2, -0.15) is 15.0 Å². The summed E-state index contributed by atoms with van der Waals surface area (Å²) in [5.41, 5.74) is 1.51. The Morgan fingerprint density at radius 3 is 2.04 bits per heavy atom. The molecule has 0 bridgehead atoms. The van der Waals surface area contributed by atoms with Gasteiger partial charge in [0.15, 0.2) is 11.5 Å². The van der Waals surface area contributed by atoms with Crippen molar-refractivity contribution in [1.29, 1.82) is 0 Å². The van der Waals surface area contributed by atoms with E-state index in [-0.39, 0.29) is 5.28 Å². The standard InChI is InChI=1S/C19H20ClN5O3/c1-4-28-14-8-5-12(6-9-14)21-18-23-17(20)24-19(25-18)22-13-7-10-15(26-2)16(11-13)27-3/h5-11H,4H2,1-3H3,(H2,21,22,23,24,25). The lowest BCUT2D eigenvalue weighted by Gasteiger charge is -2.11. The Hall–Kier alpha value is -3.26. The number of benzene rings is 2. The van der Waals surface area contributed by atoms with Crippen LogP contribution in [0.4, 0.5) is 23.3 Å². The molecule has 0 amide bonds. The highest BCUT2D eigenvalue weighted by atomic mass is 35.5. The van der Waals surface area contributed by atoms with Crippen LogP contribution in [-0.2, 0) is 0 Å². The van der Waals surface area contributed by atoms with Crippen LogP contribution in [0.1, 0.15) is 6.92 Å². The molecule has 0 unspecified atom stereocenters. The summed E-state index contributed by atoms with van der Waals surface area (Å²) < 4.78 is 16.0. The Labute approximate surface area is 167 Å². The van der Waals surface area contributed by atoms with Crippen LogP contribution in [0, 0.1) is 0 Å². The zero-order valence-corrected chi connectivity index (χ0v) is 16.4. The van der Waals surface area contributed by atoms with Crippen molar-refractivity contribution in [2.75, 3.05) is 31.5 Å². The Kier molecular flexibility index (Phi) is 6.33. The lowest BCUT2D eigenvalue weighted by atomic mass is 10.3. The minimum Gasteiger partial charge on any atom is -0.494 e. The summed E-state index contributed by atoms with van der Waals surface area (Å²) in [4.78, 5) is 12.6. The quantitative estimate of drug-likeness (QED) is 0.573. The number of hydrogen-bond acceptors (Lipinski definition) is 8. The smallest absolute Gasteiger partial charge is 0.233 e. The van der Waals surface area contributed by atoms with Crippen molar-refractivity contribution >= 4 is 34.9 Å². The molecule has 146 valence electrons. The van der Waals surface area contributed by atoms with E-state index in [1.807, 2.05) is 37.3 Å². The van der Waals surface area contributed by atoms with Gasteiger partial charge in [-0.05, 0) is 54.9 Å². The van der Waals surface area contributed by atoms with Crippen molar-refractivity contribution in [3.05, 3.63) is 47.7 Å². The predicted octanol–water partition coefficient (Wildman–Crippen LogP) is 4.43. The number of methoxy groups -OCH3 is 2. The Morgan fingerprint density at radius 2 is 1.43 bits per heavy atom. The zero-order valence-electron chi connectivity index (χ0n) is 15.7. The molecular formula is C19H20ClN5O3. The highest BCUT2D eigenvalue weighted by Gasteiger charge is 2.09. The number of hydrogen-bond donors (Lipinski definition) is 2. The molecule has 0 saturated carbocycles. The van der Waals surface area contributed by atoms with Gasteiger partial charge in [-0.1, -0.05) is 0 Å². The van der Waals surface area contributed by atoms with Crippen LogP contribution in [0.3, 0.4) is 0 Å². The van der Waals surface area contributed by atoms with E-state index in [1.165, 1.54) is 0 Å². The molecular weight excluding hydrogens is 382 g/mol. The highest BCUT2D eigenvalue weighted by molar-refractivity contribution is 6.28. The average Bonchev–Trinajstić information content (AvgIpc) is 2.69. The number of halogens is 1. The summed E-state index contributed by atoms with van der Waals surface area (Å²) in [5, 5.41) is 6.24. The molecule has 0 atom stereocenters. The maximum absolute atomic E-state index is 6.05. The second-order valence-corrected chi connectivity index (χ2v) is 5.87. The van der Waals surface area contributed by atoms with E-state index in [9.17, 15) is 0 Å². The number of ether oxygens (including phenoxy) is 3. The predicted molar refractivity (Wildman–Crippen MR) is 109 cm³/mol. The summed E-state index contributed by atoms with van der Waals surface area (Å²) in [5.74, 6) is 2.60. The second-order valence-electron chi connectivity index (χ2n) is 5.53. The zero-order chi connectivity index (χ0) is 19.9. The fourth-order valence-electron chi connectivity index (χ4n) is 2.44. The van der Waals surface area contributed by atoms with Gasteiger partial charge in [0.1, 0.15) is 5.75 Å². The molecule has 8 nitrogen and oxygen atoms in total. The molecule has 0 aliphatic rings. The topological polar surface area (TPSA) is 90.4 Å². The van der Waals surface area contributed by atoms with Crippen molar-refractivity contribution in [3.8, 4) is 17.2 Å². The fourth-order valence-corrected chi connectivity index (χ4v) is 2.60. The maximum atomic E-state index is 6.05. The first-order valence-electron chi connectivity index (χ1n) is 8.51. The molecule has 28 heavy (non-hydrogen) atoms. The van der Waals surface area contributed by atoms with E-state index in [0.717, 1.165) is 11.4 Å². The summed E-state index contributed by atoms with van der Waals surface area (Å²) in [6, 6.07) is 12.8. The van der Waals surface area contributed by atoms with Crippen molar-refractivity contribution in [2.24, 2.45) is 0 Å². The van der Waals surface area contributed by atoms with Crippen LogP contribution in [0.5, 0.6) is 17.2 Å². The van der Waals surface area contributed by atoms with Gasteiger partial charge in [0.25, 0.3) is 0 Å². The molecule has 0 saturated heterocycles. The van der Waals surface area contributed by atoms with Gasteiger partial charge in [0.2, 0.25) is 17.2 Å². The van der Waals surface area contributed by atoms with Gasteiger partial charge >= 0.3 is 0 Å². The first-order valence-corrected chi connectivity index (χ1v) is 8.89. The van der Waals surface area contributed by atoms with E-state index >= 15 is 0 Å². The van der Waals surface area contributed by atoms with Gasteiger partial charge in [-0.3, -0.25) is 0 Å². The van der Waals surface area contributed by atoms with E-state index < -0.39 is 0 Å². The molecule has 0 aliphatic carbocycles. The van der Waals surface area contributed by atoms with E-state index in [2.05, 4.69) is 25.6 Å². The van der Waals surface area contributed by atoms with Gasteiger partial charge in [0.05, 0.1) is 20.8 Å². The van der Waals surface area contributed by atoms with Gasteiger partial charge in [0, 0.05) is 17.4 Å².